The quantitative estimate of drug-likeness (QED) is 0.868. The summed E-state index contributed by atoms with van der Waals surface area (Å²) in [6, 6.07) is 3.65. The molecular formula is C15H20FNO3. The molecule has 0 saturated carbocycles. The van der Waals surface area contributed by atoms with Gasteiger partial charge in [0.05, 0.1) is 6.10 Å². The molecular weight excluding hydrogens is 261 g/mol. The number of carbonyl (C=O) groups is 1. The van der Waals surface area contributed by atoms with Gasteiger partial charge in [0.1, 0.15) is 5.82 Å². The van der Waals surface area contributed by atoms with Gasteiger partial charge in [0.2, 0.25) is 0 Å². The van der Waals surface area contributed by atoms with Crippen LogP contribution in [0.25, 0.3) is 0 Å². The fraction of sp³-hybridized carbons (Fsp3) is 0.533. The molecule has 0 bridgehead atoms. The van der Waals surface area contributed by atoms with E-state index < -0.39 is 12.1 Å². The smallest absolute Gasteiger partial charge is 0.332 e. The number of halogens is 1. The van der Waals surface area contributed by atoms with Crippen molar-refractivity contribution in [3.63, 3.8) is 0 Å². The van der Waals surface area contributed by atoms with Crippen molar-refractivity contribution >= 4 is 5.97 Å². The van der Waals surface area contributed by atoms with E-state index >= 15 is 0 Å². The molecule has 2 rings (SSSR count). The summed E-state index contributed by atoms with van der Waals surface area (Å²) in [5, 5.41) is 12.1. The molecule has 20 heavy (non-hydrogen) atoms. The van der Waals surface area contributed by atoms with Gasteiger partial charge in [-0.2, -0.15) is 0 Å². The highest BCUT2D eigenvalue weighted by Gasteiger charge is 2.29. The molecule has 1 aromatic carbocycles. The number of aliphatic carboxylic acids is 1. The molecule has 4 nitrogen and oxygen atoms in total. The van der Waals surface area contributed by atoms with Crippen LogP contribution in [0.4, 0.5) is 4.39 Å². The molecule has 0 radical (unpaired) electrons. The molecule has 0 aliphatic carbocycles. The maximum absolute atomic E-state index is 13.5. The average molecular weight is 281 g/mol. The number of nitrogens with one attached hydrogen (secondary N) is 1. The first-order chi connectivity index (χ1) is 9.47. The fourth-order valence-electron chi connectivity index (χ4n) is 2.55. The molecule has 2 N–H and O–H groups in total. The first-order valence-corrected chi connectivity index (χ1v) is 6.82. The summed E-state index contributed by atoms with van der Waals surface area (Å²) in [6.07, 6.45) is 0.595. The number of hydrogen-bond donors (Lipinski definition) is 2. The molecule has 1 aromatic rings. The molecule has 2 unspecified atom stereocenters. The van der Waals surface area contributed by atoms with Crippen LogP contribution in [0.3, 0.4) is 0 Å². The lowest BCUT2D eigenvalue weighted by Gasteiger charge is -2.13. The van der Waals surface area contributed by atoms with Gasteiger partial charge in [-0.25, -0.2) is 9.18 Å². The summed E-state index contributed by atoms with van der Waals surface area (Å²) >= 11 is 0. The molecule has 0 aromatic heterocycles. The van der Waals surface area contributed by atoms with Gasteiger partial charge in [0, 0.05) is 13.1 Å². The van der Waals surface area contributed by atoms with E-state index in [1.165, 1.54) is 0 Å². The zero-order chi connectivity index (χ0) is 14.7. The predicted octanol–water partition coefficient (Wildman–Crippen LogP) is 2.16. The lowest BCUT2D eigenvalue weighted by molar-refractivity contribution is -0.149. The average Bonchev–Trinajstić information content (AvgIpc) is 2.85. The summed E-state index contributed by atoms with van der Waals surface area (Å²) in [4.78, 5) is 10.8. The van der Waals surface area contributed by atoms with Gasteiger partial charge in [-0.1, -0.05) is 12.1 Å². The Labute approximate surface area is 117 Å². The number of benzene rings is 1. The fourth-order valence-corrected chi connectivity index (χ4v) is 2.55. The standard InChI is InChI=1S/C15H20FNO3/c1-9-5-11(6-10(2)14(9)16)7-17-8-12-3-4-13(20-12)15(18)19/h5-6,12-13,17H,3-4,7-8H2,1-2H3,(H,18,19). The SMILES string of the molecule is Cc1cc(CNCC2CCC(C(=O)O)O2)cc(C)c1F. The highest BCUT2D eigenvalue weighted by Crippen LogP contribution is 2.19. The van der Waals surface area contributed by atoms with Gasteiger partial charge < -0.3 is 15.2 Å². The van der Waals surface area contributed by atoms with Crippen LogP contribution in [0, 0.1) is 19.7 Å². The monoisotopic (exact) mass is 281 g/mol. The predicted molar refractivity (Wildman–Crippen MR) is 73.1 cm³/mol. The Bertz CT molecular complexity index is 481. The molecule has 5 heteroatoms. The number of carboxylic acid groups (broad SMARTS) is 1. The van der Waals surface area contributed by atoms with E-state index in [2.05, 4.69) is 5.32 Å². The van der Waals surface area contributed by atoms with Crippen molar-refractivity contribution in [2.75, 3.05) is 6.54 Å². The van der Waals surface area contributed by atoms with Crippen molar-refractivity contribution in [3.05, 3.63) is 34.6 Å². The molecule has 2 atom stereocenters. The van der Waals surface area contributed by atoms with E-state index in [-0.39, 0.29) is 11.9 Å². The maximum Gasteiger partial charge on any atom is 0.332 e. The van der Waals surface area contributed by atoms with Crippen molar-refractivity contribution in [2.24, 2.45) is 0 Å². The first kappa shape index (κ1) is 14.9. The third-order valence-corrected chi connectivity index (χ3v) is 3.58. The summed E-state index contributed by atoms with van der Waals surface area (Å²) in [5.41, 5.74) is 2.31. The van der Waals surface area contributed by atoms with Crippen LogP contribution >= 0.6 is 0 Å². The number of aryl methyl sites for hydroxylation is 2. The van der Waals surface area contributed by atoms with Crippen molar-refractivity contribution in [1.82, 2.24) is 5.32 Å². The third-order valence-electron chi connectivity index (χ3n) is 3.58. The highest BCUT2D eigenvalue weighted by atomic mass is 19.1. The third kappa shape index (κ3) is 3.55. The van der Waals surface area contributed by atoms with Crippen LogP contribution in [0.5, 0.6) is 0 Å². The van der Waals surface area contributed by atoms with Crippen LogP contribution in [-0.4, -0.2) is 29.8 Å². The van der Waals surface area contributed by atoms with Gasteiger partial charge in [-0.3, -0.25) is 0 Å². The molecule has 110 valence electrons. The van der Waals surface area contributed by atoms with Crippen molar-refractivity contribution in [1.29, 1.82) is 0 Å². The molecule has 0 amide bonds. The number of carboxylic acids is 1. The Morgan fingerprint density at radius 3 is 2.60 bits per heavy atom. The van der Waals surface area contributed by atoms with Crippen molar-refractivity contribution in [2.45, 2.75) is 45.4 Å². The highest BCUT2D eigenvalue weighted by molar-refractivity contribution is 5.72. The second-order valence-electron chi connectivity index (χ2n) is 5.34. The Morgan fingerprint density at radius 2 is 2.05 bits per heavy atom. The van der Waals surface area contributed by atoms with Crippen LogP contribution in [-0.2, 0) is 16.1 Å². The lowest BCUT2D eigenvalue weighted by Crippen LogP contribution is -2.28. The van der Waals surface area contributed by atoms with Gasteiger partial charge in [0.15, 0.2) is 6.10 Å². The van der Waals surface area contributed by atoms with Crippen LogP contribution < -0.4 is 5.32 Å². The van der Waals surface area contributed by atoms with Crippen LogP contribution in [0.15, 0.2) is 12.1 Å². The topological polar surface area (TPSA) is 58.6 Å². The zero-order valence-corrected chi connectivity index (χ0v) is 11.8. The molecule has 1 aliphatic heterocycles. The minimum Gasteiger partial charge on any atom is -0.479 e. The van der Waals surface area contributed by atoms with E-state index in [0.29, 0.717) is 30.6 Å². The molecule has 1 saturated heterocycles. The van der Waals surface area contributed by atoms with Gasteiger partial charge in [-0.05, 0) is 43.4 Å². The Kier molecular flexibility index (Phi) is 4.73. The molecule has 1 heterocycles. The summed E-state index contributed by atoms with van der Waals surface area (Å²) in [7, 11) is 0. The summed E-state index contributed by atoms with van der Waals surface area (Å²) in [6.45, 7) is 4.74. The largest absolute Gasteiger partial charge is 0.479 e. The van der Waals surface area contributed by atoms with Gasteiger partial charge >= 0.3 is 5.97 Å². The Balaban J connectivity index is 1.81. The van der Waals surface area contributed by atoms with E-state index in [1.54, 1.807) is 13.8 Å². The van der Waals surface area contributed by atoms with Gasteiger partial charge in [0.25, 0.3) is 0 Å². The zero-order valence-electron chi connectivity index (χ0n) is 11.8. The number of rotatable bonds is 5. The van der Waals surface area contributed by atoms with E-state index in [9.17, 15) is 9.18 Å². The lowest BCUT2D eigenvalue weighted by atomic mass is 10.1. The summed E-state index contributed by atoms with van der Waals surface area (Å²) in [5.74, 6) is -1.05. The van der Waals surface area contributed by atoms with E-state index in [4.69, 9.17) is 9.84 Å². The number of ether oxygens (including phenoxy) is 1. The Hall–Kier alpha value is -1.46. The van der Waals surface area contributed by atoms with Crippen molar-refractivity contribution in [3.8, 4) is 0 Å². The van der Waals surface area contributed by atoms with E-state index in [1.807, 2.05) is 12.1 Å². The molecule has 1 fully saturated rings. The molecule has 0 spiro atoms. The second-order valence-corrected chi connectivity index (χ2v) is 5.34. The number of hydrogen-bond acceptors (Lipinski definition) is 3. The van der Waals surface area contributed by atoms with Gasteiger partial charge in [-0.15, -0.1) is 0 Å². The summed E-state index contributed by atoms with van der Waals surface area (Å²) < 4.78 is 18.9. The minimum atomic E-state index is -0.891. The first-order valence-electron chi connectivity index (χ1n) is 6.82. The Morgan fingerprint density at radius 1 is 1.40 bits per heavy atom. The maximum atomic E-state index is 13.5. The van der Waals surface area contributed by atoms with Crippen molar-refractivity contribution < 1.29 is 19.0 Å². The molecule has 1 aliphatic rings. The second kappa shape index (κ2) is 6.33. The van der Waals surface area contributed by atoms with Crippen LogP contribution in [0.1, 0.15) is 29.5 Å². The normalized spacial score (nSPS) is 22.1. The van der Waals surface area contributed by atoms with Crippen LogP contribution in [0.2, 0.25) is 0 Å². The minimum absolute atomic E-state index is 0.0567. The van der Waals surface area contributed by atoms with E-state index in [0.717, 1.165) is 12.0 Å².